The number of ether oxygens (including phenoxy) is 1. The van der Waals surface area contributed by atoms with E-state index >= 15 is 0 Å². The van der Waals surface area contributed by atoms with Gasteiger partial charge in [-0.05, 0) is 24.1 Å². The van der Waals surface area contributed by atoms with Gasteiger partial charge in [0.1, 0.15) is 11.6 Å². The highest BCUT2D eigenvalue weighted by Crippen LogP contribution is 2.31. The van der Waals surface area contributed by atoms with E-state index in [-0.39, 0.29) is 5.92 Å². The van der Waals surface area contributed by atoms with Crippen molar-refractivity contribution >= 4 is 11.0 Å². The summed E-state index contributed by atoms with van der Waals surface area (Å²) < 4.78 is 5.81. The van der Waals surface area contributed by atoms with Gasteiger partial charge in [-0.3, -0.25) is 4.98 Å². The second-order valence-electron chi connectivity index (χ2n) is 4.83. The van der Waals surface area contributed by atoms with Crippen LogP contribution >= 0.6 is 0 Å². The van der Waals surface area contributed by atoms with E-state index in [2.05, 4.69) is 21.0 Å². The first-order valence-electron chi connectivity index (χ1n) is 6.40. The molecule has 1 unspecified atom stereocenters. The van der Waals surface area contributed by atoms with E-state index in [0.29, 0.717) is 6.61 Å². The van der Waals surface area contributed by atoms with Crippen LogP contribution in [0.5, 0.6) is 5.75 Å². The van der Waals surface area contributed by atoms with Crippen molar-refractivity contribution in [1.29, 1.82) is 0 Å². The lowest BCUT2D eigenvalue weighted by atomic mass is 9.96. The van der Waals surface area contributed by atoms with E-state index in [9.17, 15) is 0 Å². The molecule has 0 bridgehead atoms. The molecule has 2 aromatic heterocycles. The minimum atomic E-state index is 0.280. The van der Waals surface area contributed by atoms with E-state index in [4.69, 9.17) is 4.74 Å². The fourth-order valence-corrected chi connectivity index (χ4v) is 2.57. The number of hydrogen-bond donors (Lipinski definition) is 1. The number of aromatic amines is 1. The molecule has 0 saturated carbocycles. The zero-order valence-electron chi connectivity index (χ0n) is 10.3. The van der Waals surface area contributed by atoms with E-state index in [1.807, 2.05) is 30.5 Å². The number of rotatable bonds is 1. The summed E-state index contributed by atoms with van der Waals surface area (Å²) in [6.45, 7) is 0.671. The Bertz CT molecular complexity index is 702. The summed E-state index contributed by atoms with van der Waals surface area (Å²) in [5.74, 6) is 2.26. The van der Waals surface area contributed by atoms with Crippen LogP contribution in [-0.4, -0.2) is 21.6 Å². The average molecular weight is 251 g/mol. The molecule has 3 aromatic rings. The van der Waals surface area contributed by atoms with Gasteiger partial charge in [0.05, 0.1) is 29.8 Å². The second kappa shape index (κ2) is 4.09. The van der Waals surface area contributed by atoms with E-state index in [1.54, 1.807) is 6.20 Å². The van der Waals surface area contributed by atoms with Gasteiger partial charge in [-0.25, -0.2) is 4.98 Å². The van der Waals surface area contributed by atoms with Gasteiger partial charge >= 0.3 is 0 Å². The third kappa shape index (κ3) is 1.76. The molecule has 1 aromatic carbocycles. The van der Waals surface area contributed by atoms with Crippen LogP contribution in [0.3, 0.4) is 0 Å². The van der Waals surface area contributed by atoms with Crippen molar-refractivity contribution in [3.8, 4) is 5.75 Å². The van der Waals surface area contributed by atoms with Crippen molar-refractivity contribution in [2.24, 2.45) is 0 Å². The Morgan fingerprint density at radius 1 is 1.21 bits per heavy atom. The minimum Gasteiger partial charge on any atom is -0.493 e. The van der Waals surface area contributed by atoms with Crippen LogP contribution in [0.1, 0.15) is 17.3 Å². The number of fused-ring (bicyclic) bond motifs is 2. The van der Waals surface area contributed by atoms with Gasteiger partial charge < -0.3 is 9.72 Å². The van der Waals surface area contributed by atoms with Crippen LogP contribution in [0.2, 0.25) is 0 Å². The Morgan fingerprint density at radius 2 is 2.16 bits per heavy atom. The van der Waals surface area contributed by atoms with Gasteiger partial charge in [-0.2, -0.15) is 0 Å². The number of nitrogens with zero attached hydrogens (tertiary/aromatic N) is 2. The van der Waals surface area contributed by atoms with Crippen molar-refractivity contribution in [2.45, 2.75) is 12.3 Å². The van der Waals surface area contributed by atoms with Gasteiger partial charge in [0.25, 0.3) is 0 Å². The predicted octanol–water partition coefficient (Wildman–Crippen LogP) is 2.68. The number of H-pyrrole nitrogens is 1. The number of benzene rings is 1. The lowest BCUT2D eigenvalue weighted by Crippen LogP contribution is -2.20. The lowest BCUT2D eigenvalue weighted by molar-refractivity contribution is 0.258. The topological polar surface area (TPSA) is 50.8 Å². The quantitative estimate of drug-likeness (QED) is 0.723. The molecule has 1 atom stereocenters. The molecule has 0 fully saturated rings. The fourth-order valence-electron chi connectivity index (χ4n) is 2.57. The molecule has 1 aliphatic heterocycles. The molecule has 0 radical (unpaired) electrons. The molecule has 0 aliphatic carbocycles. The van der Waals surface area contributed by atoms with E-state index < -0.39 is 0 Å². The maximum absolute atomic E-state index is 5.81. The lowest BCUT2D eigenvalue weighted by Gasteiger charge is -2.23. The van der Waals surface area contributed by atoms with Crippen LogP contribution in [0.25, 0.3) is 11.0 Å². The van der Waals surface area contributed by atoms with Crippen LogP contribution < -0.4 is 4.74 Å². The summed E-state index contributed by atoms with van der Waals surface area (Å²) in [4.78, 5) is 12.1. The third-order valence-electron chi connectivity index (χ3n) is 3.57. The number of pyridine rings is 1. The normalized spacial score (nSPS) is 18.0. The summed E-state index contributed by atoms with van der Waals surface area (Å²) >= 11 is 0. The number of imidazole rings is 1. The molecule has 94 valence electrons. The monoisotopic (exact) mass is 251 g/mol. The Morgan fingerprint density at radius 3 is 3.11 bits per heavy atom. The van der Waals surface area contributed by atoms with E-state index in [1.165, 1.54) is 5.56 Å². The van der Waals surface area contributed by atoms with Gasteiger partial charge in [0.15, 0.2) is 0 Å². The molecular weight excluding hydrogens is 238 g/mol. The highest BCUT2D eigenvalue weighted by Gasteiger charge is 2.23. The zero-order chi connectivity index (χ0) is 12.7. The number of hydrogen-bond acceptors (Lipinski definition) is 3. The van der Waals surface area contributed by atoms with Crippen molar-refractivity contribution in [3.63, 3.8) is 0 Å². The van der Waals surface area contributed by atoms with Crippen molar-refractivity contribution in [3.05, 3.63) is 54.1 Å². The first kappa shape index (κ1) is 10.6. The Labute approximate surface area is 110 Å². The molecule has 4 rings (SSSR count). The van der Waals surface area contributed by atoms with Crippen molar-refractivity contribution in [1.82, 2.24) is 15.0 Å². The maximum atomic E-state index is 5.81. The summed E-state index contributed by atoms with van der Waals surface area (Å²) in [7, 11) is 0. The Balaban J connectivity index is 1.70. The van der Waals surface area contributed by atoms with Gasteiger partial charge in [0, 0.05) is 6.20 Å². The molecule has 3 heterocycles. The molecule has 1 aliphatic rings. The average Bonchev–Trinajstić information content (AvgIpc) is 2.90. The summed E-state index contributed by atoms with van der Waals surface area (Å²) in [5, 5.41) is 0. The fraction of sp³-hybridized carbons (Fsp3) is 0.200. The first-order valence-corrected chi connectivity index (χ1v) is 6.40. The van der Waals surface area contributed by atoms with Crippen LogP contribution in [0.4, 0.5) is 0 Å². The first-order chi connectivity index (χ1) is 9.40. The zero-order valence-corrected chi connectivity index (χ0v) is 10.3. The van der Waals surface area contributed by atoms with Gasteiger partial charge in [-0.15, -0.1) is 0 Å². The molecule has 19 heavy (non-hydrogen) atoms. The second-order valence-corrected chi connectivity index (χ2v) is 4.83. The summed E-state index contributed by atoms with van der Waals surface area (Å²) in [5.41, 5.74) is 3.19. The Kier molecular flexibility index (Phi) is 2.27. The number of para-hydroxylation sites is 1. The standard InChI is InChI=1S/C15H13N3O/c1-2-4-14-10(3-1)7-11(9-19-14)15-17-12-5-6-16-8-13(12)18-15/h1-6,8,11H,7,9H2,(H,17,18). The van der Waals surface area contributed by atoms with Crippen molar-refractivity contribution in [2.75, 3.05) is 6.61 Å². The van der Waals surface area contributed by atoms with Crippen LogP contribution in [0, 0.1) is 0 Å². The summed E-state index contributed by atoms with van der Waals surface area (Å²) in [6.07, 6.45) is 4.53. The molecule has 0 amide bonds. The molecular formula is C15H13N3O. The maximum Gasteiger partial charge on any atom is 0.122 e. The number of aromatic nitrogens is 3. The molecule has 4 heteroatoms. The van der Waals surface area contributed by atoms with Crippen LogP contribution in [-0.2, 0) is 6.42 Å². The van der Waals surface area contributed by atoms with E-state index in [0.717, 1.165) is 29.0 Å². The summed E-state index contributed by atoms with van der Waals surface area (Å²) in [6, 6.07) is 10.1. The largest absolute Gasteiger partial charge is 0.493 e. The van der Waals surface area contributed by atoms with Gasteiger partial charge in [0.2, 0.25) is 0 Å². The predicted molar refractivity (Wildman–Crippen MR) is 72.3 cm³/mol. The molecule has 0 spiro atoms. The smallest absolute Gasteiger partial charge is 0.122 e. The highest BCUT2D eigenvalue weighted by molar-refractivity contribution is 5.73. The Hall–Kier alpha value is -2.36. The minimum absolute atomic E-state index is 0.280. The van der Waals surface area contributed by atoms with Gasteiger partial charge in [-0.1, -0.05) is 18.2 Å². The molecule has 1 N–H and O–H groups in total. The SMILES string of the molecule is c1ccc2c(c1)CC(c1nc3ccncc3[nH]1)CO2. The highest BCUT2D eigenvalue weighted by atomic mass is 16.5. The third-order valence-corrected chi connectivity index (χ3v) is 3.57. The van der Waals surface area contributed by atoms with Crippen molar-refractivity contribution < 1.29 is 4.74 Å². The molecule has 0 saturated heterocycles. The number of nitrogens with one attached hydrogen (secondary N) is 1. The van der Waals surface area contributed by atoms with Crippen LogP contribution in [0.15, 0.2) is 42.7 Å². The molecule has 4 nitrogen and oxygen atoms in total.